The molecule has 1 unspecified atom stereocenters. The van der Waals surface area contributed by atoms with E-state index in [9.17, 15) is 4.39 Å². The van der Waals surface area contributed by atoms with Gasteiger partial charge in [0, 0.05) is 6.54 Å². The molecule has 0 spiro atoms. The van der Waals surface area contributed by atoms with Crippen LogP contribution < -0.4 is 5.73 Å². The van der Waals surface area contributed by atoms with Gasteiger partial charge in [-0.15, -0.1) is 0 Å². The van der Waals surface area contributed by atoms with E-state index in [1.165, 1.54) is 24.0 Å². The Bertz CT molecular complexity index is 322. The summed E-state index contributed by atoms with van der Waals surface area (Å²) in [6.07, 6.45) is 3.55. The van der Waals surface area contributed by atoms with Crippen LogP contribution in [0, 0.1) is 0 Å². The van der Waals surface area contributed by atoms with Crippen LogP contribution in [-0.2, 0) is 12.8 Å². The molecule has 1 aliphatic carbocycles. The molecule has 76 valence electrons. The lowest BCUT2D eigenvalue weighted by molar-refractivity contribution is 0.349. The number of alkyl halides is 1. The van der Waals surface area contributed by atoms with Crippen molar-refractivity contribution in [2.75, 3.05) is 6.54 Å². The molecule has 2 heteroatoms. The first-order valence-corrected chi connectivity index (χ1v) is 5.27. The quantitative estimate of drug-likeness (QED) is 0.767. The summed E-state index contributed by atoms with van der Waals surface area (Å²) in [5.41, 5.74) is 8.73. The Balaban J connectivity index is 2.39. The van der Waals surface area contributed by atoms with E-state index in [-0.39, 0.29) is 6.54 Å². The van der Waals surface area contributed by atoms with Crippen LogP contribution in [0.2, 0.25) is 0 Å². The highest BCUT2D eigenvalue weighted by atomic mass is 19.1. The predicted molar refractivity (Wildman–Crippen MR) is 56.0 cm³/mol. The molecule has 0 radical (unpaired) electrons. The van der Waals surface area contributed by atoms with Crippen LogP contribution in [0.3, 0.4) is 0 Å². The molecule has 1 atom stereocenters. The summed E-state index contributed by atoms with van der Waals surface area (Å²) in [6.45, 7) is 0.0937. The molecule has 1 aliphatic rings. The van der Waals surface area contributed by atoms with E-state index in [1.54, 1.807) is 0 Å². The molecule has 0 saturated carbocycles. The minimum absolute atomic E-state index is 0.0937. The third-order valence-electron chi connectivity index (χ3n) is 2.98. The van der Waals surface area contributed by atoms with E-state index in [1.807, 2.05) is 12.1 Å². The number of aryl methyl sites for hydroxylation is 1. The van der Waals surface area contributed by atoms with Gasteiger partial charge in [-0.1, -0.05) is 18.2 Å². The molecule has 14 heavy (non-hydrogen) atoms. The summed E-state index contributed by atoms with van der Waals surface area (Å²) in [6, 6.07) is 5.94. The molecule has 1 aromatic rings. The highest BCUT2D eigenvalue weighted by Gasteiger charge is 2.17. The van der Waals surface area contributed by atoms with Gasteiger partial charge in [0.15, 0.2) is 0 Å². The first-order valence-electron chi connectivity index (χ1n) is 5.27. The normalized spacial score (nSPS) is 17.6. The molecule has 1 nitrogen and oxygen atoms in total. The molecule has 0 amide bonds. The Morgan fingerprint density at radius 3 is 2.86 bits per heavy atom. The summed E-state index contributed by atoms with van der Waals surface area (Å²) in [7, 11) is 0. The van der Waals surface area contributed by atoms with Gasteiger partial charge in [-0.2, -0.15) is 0 Å². The van der Waals surface area contributed by atoms with Crippen LogP contribution in [0.1, 0.15) is 35.7 Å². The van der Waals surface area contributed by atoms with Crippen LogP contribution in [-0.4, -0.2) is 6.54 Å². The van der Waals surface area contributed by atoms with Crippen molar-refractivity contribution in [2.24, 2.45) is 5.73 Å². The van der Waals surface area contributed by atoms with Crippen molar-refractivity contribution in [3.05, 3.63) is 34.9 Å². The third-order valence-corrected chi connectivity index (χ3v) is 2.98. The number of halogens is 1. The molecule has 1 aromatic carbocycles. The van der Waals surface area contributed by atoms with E-state index in [0.717, 1.165) is 18.4 Å². The van der Waals surface area contributed by atoms with Crippen molar-refractivity contribution < 1.29 is 4.39 Å². The Labute approximate surface area is 84.1 Å². The van der Waals surface area contributed by atoms with Gasteiger partial charge < -0.3 is 5.73 Å². The molecule has 0 heterocycles. The topological polar surface area (TPSA) is 26.0 Å². The van der Waals surface area contributed by atoms with Crippen molar-refractivity contribution in [1.82, 2.24) is 0 Å². The molecular weight excluding hydrogens is 177 g/mol. The standard InChI is InChI=1S/C12H16FN/c13-12(8-14)11-7-3-5-9-4-1-2-6-10(9)11/h3,5,7,12H,1-2,4,6,8,14H2. The van der Waals surface area contributed by atoms with Crippen LogP contribution in [0.4, 0.5) is 4.39 Å². The fourth-order valence-electron chi connectivity index (χ4n) is 2.23. The molecule has 0 bridgehead atoms. The Kier molecular flexibility index (Phi) is 2.82. The van der Waals surface area contributed by atoms with E-state index < -0.39 is 6.17 Å². The van der Waals surface area contributed by atoms with Gasteiger partial charge in [-0.05, 0) is 42.4 Å². The van der Waals surface area contributed by atoms with Gasteiger partial charge in [-0.25, -0.2) is 4.39 Å². The average molecular weight is 193 g/mol. The number of hydrogen-bond donors (Lipinski definition) is 1. The number of benzene rings is 1. The SMILES string of the molecule is NCC(F)c1cccc2c1CCCC2. The maximum absolute atomic E-state index is 13.5. The van der Waals surface area contributed by atoms with Crippen LogP contribution in [0.5, 0.6) is 0 Å². The summed E-state index contributed by atoms with van der Waals surface area (Å²) >= 11 is 0. The van der Waals surface area contributed by atoms with Gasteiger partial charge in [0.25, 0.3) is 0 Å². The third kappa shape index (κ3) is 1.67. The van der Waals surface area contributed by atoms with Gasteiger partial charge >= 0.3 is 0 Å². The number of hydrogen-bond acceptors (Lipinski definition) is 1. The monoisotopic (exact) mass is 193 g/mol. The summed E-state index contributed by atoms with van der Waals surface area (Å²) in [4.78, 5) is 0. The van der Waals surface area contributed by atoms with Crippen LogP contribution in [0.25, 0.3) is 0 Å². The first kappa shape index (κ1) is 9.66. The van der Waals surface area contributed by atoms with Crippen molar-refractivity contribution in [1.29, 1.82) is 0 Å². The fourth-order valence-corrected chi connectivity index (χ4v) is 2.23. The summed E-state index contributed by atoms with van der Waals surface area (Å²) in [5.74, 6) is 0. The zero-order chi connectivity index (χ0) is 9.97. The minimum Gasteiger partial charge on any atom is -0.327 e. The van der Waals surface area contributed by atoms with Crippen molar-refractivity contribution in [3.8, 4) is 0 Å². The molecule has 0 aromatic heterocycles. The Morgan fingerprint density at radius 2 is 2.07 bits per heavy atom. The zero-order valence-electron chi connectivity index (χ0n) is 8.30. The van der Waals surface area contributed by atoms with E-state index in [4.69, 9.17) is 5.73 Å². The molecule has 0 fully saturated rings. The largest absolute Gasteiger partial charge is 0.327 e. The van der Waals surface area contributed by atoms with Gasteiger partial charge in [0.2, 0.25) is 0 Å². The number of nitrogens with two attached hydrogens (primary N) is 1. The molecule has 0 saturated heterocycles. The van der Waals surface area contributed by atoms with Crippen molar-refractivity contribution in [2.45, 2.75) is 31.9 Å². The number of fused-ring (bicyclic) bond motifs is 1. The summed E-state index contributed by atoms with van der Waals surface area (Å²) < 4.78 is 13.5. The highest BCUT2D eigenvalue weighted by Crippen LogP contribution is 2.29. The average Bonchev–Trinajstić information content (AvgIpc) is 2.27. The van der Waals surface area contributed by atoms with Gasteiger partial charge in [0.05, 0.1) is 0 Å². The Morgan fingerprint density at radius 1 is 1.29 bits per heavy atom. The fraction of sp³-hybridized carbons (Fsp3) is 0.500. The van der Waals surface area contributed by atoms with Gasteiger partial charge in [0.1, 0.15) is 6.17 Å². The summed E-state index contributed by atoms with van der Waals surface area (Å²) in [5, 5.41) is 0. The molecular formula is C12H16FN. The van der Waals surface area contributed by atoms with E-state index >= 15 is 0 Å². The highest BCUT2D eigenvalue weighted by molar-refractivity contribution is 5.38. The van der Waals surface area contributed by atoms with Crippen molar-refractivity contribution in [3.63, 3.8) is 0 Å². The lowest BCUT2D eigenvalue weighted by Gasteiger charge is -2.20. The lowest BCUT2D eigenvalue weighted by atomic mass is 9.87. The maximum atomic E-state index is 13.5. The molecule has 2 N–H and O–H groups in total. The van der Waals surface area contributed by atoms with Crippen LogP contribution in [0.15, 0.2) is 18.2 Å². The molecule has 0 aliphatic heterocycles. The second-order valence-electron chi connectivity index (χ2n) is 3.90. The number of rotatable bonds is 2. The van der Waals surface area contributed by atoms with Crippen molar-refractivity contribution >= 4 is 0 Å². The predicted octanol–water partition coefficient (Wildman–Crippen LogP) is 2.53. The first-order chi connectivity index (χ1) is 6.83. The lowest BCUT2D eigenvalue weighted by Crippen LogP contribution is -2.13. The van der Waals surface area contributed by atoms with E-state index in [2.05, 4.69) is 6.07 Å². The zero-order valence-corrected chi connectivity index (χ0v) is 8.30. The van der Waals surface area contributed by atoms with E-state index in [0.29, 0.717) is 0 Å². The second-order valence-corrected chi connectivity index (χ2v) is 3.90. The van der Waals surface area contributed by atoms with Gasteiger partial charge in [-0.3, -0.25) is 0 Å². The maximum Gasteiger partial charge on any atom is 0.138 e. The second kappa shape index (κ2) is 4.09. The molecule has 2 rings (SSSR count). The minimum atomic E-state index is -0.983. The Hall–Kier alpha value is -0.890. The smallest absolute Gasteiger partial charge is 0.138 e. The van der Waals surface area contributed by atoms with Crippen LogP contribution >= 0.6 is 0 Å².